The van der Waals surface area contributed by atoms with E-state index < -0.39 is 12.1 Å². The van der Waals surface area contributed by atoms with Gasteiger partial charge in [-0.1, -0.05) is 33.6 Å². The van der Waals surface area contributed by atoms with Crippen LogP contribution in [-0.4, -0.2) is 29.4 Å². The van der Waals surface area contributed by atoms with Gasteiger partial charge >= 0.3 is 6.18 Å². The quantitative estimate of drug-likeness (QED) is 0.530. The molecule has 122 valence electrons. The Balaban J connectivity index is 2.27. The third kappa shape index (κ3) is 5.00. The molecule has 0 spiro atoms. The zero-order valence-electron chi connectivity index (χ0n) is 12.9. The fraction of sp³-hybridized carbons (Fsp3) is 0.867. The number of alkyl halides is 3. The van der Waals surface area contributed by atoms with Crippen LogP contribution in [0, 0.1) is 17.8 Å². The van der Waals surface area contributed by atoms with E-state index in [1.54, 1.807) is 0 Å². The van der Waals surface area contributed by atoms with Crippen LogP contribution in [0.5, 0.6) is 0 Å². The lowest BCUT2D eigenvalue weighted by molar-refractivity contribution is -0.171. The molecule has 21 heavy (non-hydrogen) atoms. The summed E-state index contributed by atoms with van der Waals surface area (Å²) in [5, 5.41) is 0. The highest BCUT2D eigenvalue weighted by Crippen LogP contribution is 2.30. The first-order valence-electron chi connectivity index (χ1n) is 7.55. The van der Waals surface area contributed by atoms with Gasteiger partial charge in [0.15, 0.2) is 0 Å². The molecule has 2 atom stereocenters. The van der Waals surface area contributed by atoms with Gasteiger partial charge in [0.25, 0.3) is 0 Å². The molecule has 0 aromatic carbocycles. The van der Waals surface area contributed by atoms with Crippen LogP contribution >= 0.6 is 0 Å². The van der Waals surface area contributed by atoms with Crippen molar-refractivity contribution in [3.05, 3.63) is 0 Å². The van der Waals surface area contributed by atoms with Crippen molar-refractivity contribution in [1.82, 2.24) is 4.90 Å². The van der Waals surface area contributed by atoms with Crippen molar-refractivity contribution in [2.45, 2.75) is 59.1 Å². The molecular formula is C15H24F3NO2. The molecule has 6 heteroatoms. The SMILES string of the molecule is CC(C)C1CC(=O)N(CCCCC[C@@H](C)C(F)(F)F)C1=O. The van der Waals surface area contributed by atoms with Gasteiger partial charge in [0.2, 0.25) is 11.8 Å². The van der Waals surface area contributed by atoms with Gasteiger partial charge in [-0.15, -0.1) is 0 Å². The molecule has 0 N–H and O–H groups in total. The largest absolute Gasteiger partial charge is 0.391 e. The molecule has 0 aromatic heterocycles. The van der Waals surface area contributed by atoms with E-state index in [1.165, 1.54) is 11.8 Å². The predicted octanol–water partition coefficient (Wildman–Crippen LogP) is 3.78. The summed E-state index contributed by atoms with van der Waals surface area (Å²) in [6.07, 6.45) is -2.13. The number of imide groups is 1. The van der Waals surface area contributed by atoms with Crippen LogP contribution in [0.1, 0.15) is 52.9 Å². The Hall–Kier alpha value is -1.07. The van der Waals surface area contributed by atoms with E-state index in [0.717, 1.165) is 0 Å². The number of rotatable bonds is 7. The van der Waals surface area contributed by atoms with Crippen molar-refractivity contribution >= 4 is 11.8 Å². The molecule has 0 radical (unpaired) electrons. The van der Waals surface area contributed by atoms with Crippen molar-refractivity contribution in [3.8, 4) is 0 Å². The Bertz CT molecular complexity index is 380. The lowest BCUT2D eigenvalue weighted by Crippen LogP contribution is -2.32. The summed E-state index contributed by atoms with van der Waals surface area (Å²) in [5.74, 6) is -1.67. The van der Waals surface area contributed by atoms with Gasteiger partial charge in [0, 0.05) is 18.9 Å². The number of amides is 2. The van der Waals surface area contributed by atoms with E-state index in [2.05, 4.69) is 0 Å². The normalized spacial score (nSPS) is 21.5. The highest BCUT2D eigenvalue weighted by Gasteiger charge is 2.39. The number of hydrogen-bond donors (Lipinski definition) is 0. The number of halogens is 3. The summed E-state index contributed by atoms with van der Waals surface area (Å²) < 4.78 is 37.0. The molecule has 0 bridgehead atoms. The van der Waals surface area contributed by atoms with Gasteiger partial charge in [0.1, 0.15) is 0 Å². The smallest absolute Gasteiger partial charge is 0.282 e. The molecule has 1 heterocycles. The molecule has 0 aliphatic carbocycles. The molecule has 1 aliphatic rings. The van der Waals surface area contributed by atoms with Gasteiger partial charge in [-0.3, -0.25) is 14.5 Å². The number of unbranched alkanes of at least 4 members (excludes halogenated alkanes) is 2. The standard InChI is InChI=1S/C15H24F3NO2/c1-10(2)12-9-13(20)19(14(12)21)8-6-4-5-7-11(3)15(16,17)18/h10-12H,4-9H2,1-3H3/t11-,12?/m1/s1. The van der Waals surface area contributed by atoms with Crippen molar-refractivity contribution in [2.75, 3.05) is 6.54 Å². The minimum Gasteiger partial charge on any atom is -0.282 e. The summed E-state index contributed by atoms with van der Waals surface area (Å²) in [5.41, 5.74) is 0. The third-order valence-electron chi connectivity index (χ3n) is 4.16. The third-order valence-corrected chi connectivity index (χ3v) is 4.16. The molecule has 1 saturated heterocycles. The van der Waals surface area contributed by atoms with E-state index in [0.29, 0.717) is 25.8 Å². The second kappa shape index (κ2) is 7.27. The van der Waals surface area contributed by atoms with Crippen LogP contribution in [0.4, 0.5) is 13.2 Å². The van der Waals surface area contributed by atoms with Crippen LogP contribution in [0.3, 0.4) is 0 Å². The molecule has 1 fully saturated rings. The first kappa shape index (κ1) is 18.0. The highest BCUT2D eigenvalue weighted by atomic mass is 19.4. The second-order valence-electron chi connectivity index (χ2n) is 6.23. The summed E-state index contributed by atoms with van der Waals surface area (Å²) in [7, 11) is 0. The van der Waals surface area contributed by atoms with E-state index >= 15 is 0 Å². The Kier molecular flexibility index (Phi) is 6.23. The van der Waals surface area contributed by atoms with Gasteiger partial charge in [-0.05, 0) is 18.8 Å². The van der Waals surface area contributed by atoms with Crippen LogP contribution < -0.4 is 0 Å². The van der Waals surface area contributed by atoms with Crippen molar-refractivity contribution in [1.29, 1.82) is 0 Å². The lowest BCUT2D eigenvalue weighted by atomic mass is 9.94. The fourth-order valence-electron chi connectivity index (χ4n) is 2.53. The lowest BCUT2D eigenvalue weighted by Gasteiger charge is -2.17. The van der Waals surface area contributed by atoms with Crippen LogP contribution in [0.25, 0.3) is 0 Å². The second-order valence-corrected chi connectivity index (χ2v) is 6.23. The Morgan fingerprint density at radius 2 is 1.76 bits per heavy atom. The van der Waals surface area contributed by atoms with Crippen LogP contribution in [0.15, 0.2) is 0 Å². The number of nitrogens with zero attached hydrogens (tertiary/aromatic N) is 1. The maximum absolute atomic E-state index is 12.3. The predicted molar refractivity (Wildman–Crippen MR) is 73.4 cm³/mol. The maximum atomic E-state index is 12.3. The average Bonchev–Trinajstić information content (AvgIpc) is 2.64. The Labute approximate surface area is 123 Å². The van der Waals surface area contributed by atoms with E-state index in [4.69, 9.17) is 0 Å². The molecule has 3 nitrogen and oxygen atoms in total. The number of carbonyl (C=O) groups is 2. The van der Waals surface area contributed by atoms with Gasteiger partial charge < -0.3 is 0 Å². The number of likely N-dealkylation sites (tertiary alicyclic amines) is 1. The fourth-order valence-corrected chi connectivity index (χ4v) is 2.53. The minimum absolute atomic E-state index is 0.0972. The summed E-state index contributed by atoms with van der Waals surface area (Å²) in [4.78, 5) is 25.1. The number of carbonyl (C=O) groups excluding carboxylic acids is 2. The first-order chi connectivity index (χ1) is 9.64. The molecule has 0 saturated carbocycles. The van der Waals surface area contributed by atoms with E-state index in [9.17, 15) is 22.8 Å². The summed E-state index contributed by atoms with van der Waals surface area (Å²) in [6, 6.07) is 0. The Morgan fingerprint density at radius 1 is 1.14 bits per heavy atom. The monoisotopic (exact) mass is 307 g/mol. The highest BCUT2D eigenvalue weighted by molar-refractivity contribution is 6.03. The molecule has 1 aliphatic heterocycles. The van der Waals surface area contributed by atoms with E-state index in [-0.39, 0.29) is 36.5 Å². The zero-order chi connectivity index (χ0) is 16.2. The van der Waals surface area contributed by atoms with Crippen molar-refractivity contribution in [3.63, 3.8) is 0 Å². The molecule has 0 aromatic rings. The maximum Gasteiger partial charge on any atom is 0.391 e. The van der Waals surface area contributed by atoms with Gasteiger partial charge in [0.05, 0.1) is 5.92 Å². The molecule has 1 unspecified atom stereocenters. The zero-order valence-corrected chi connectivity index (χ0v) is 12.9. The average molecular weight is 307 g/mol. The van der Waals surface area contributed by atoms with Gasteiger partial charge in [-0.25, -0.2) is 0 Å². The van der Waals surface area contributed by atoms with Crippen molar-refractivity contribution < 1.29 is 22.8 Å². The topological polar surface area (TPSA) is 37.4 Å². The molecular weight excluding hydrogens is 283 g/mol. The minimum atomic E-state index is -4.13. The van der Waals surface area contributed by atoms with E-state index in [1.807, 2.05) is 13.8 Å². The molecule has 1 rings (SSSR count). The number of hydrogen-bond acceptors (Lipinski definition) is 2. The summed E-state index contributed by atoms with van der Waals surface area (Å²) >= 11 is 0. The molecule has 2 amide bonds. The Morgan fingerprint density at radius 3 is 2.24 bits per heavy atom. The van der Waals surface area contributed by atoms with Crippen LogP contribution in [-0.2, 0) is 9.59 Å². The summed E-state index contributed by atoms with van der Waals surface area (Å²) in [6.45, 7) is 5.35. The van der Waals surface area contributed by atoms with Gasteiger partial charge in [-0.2, -0.15) is 13.2 Å². The first-order valence-corrected chi connectivity index (χ1v) is 7.55. The van der Waals surface area contributed by atoms with Crippen LogP contribution in [0.2, 0.25) is 0 Å². The van der Waals surface area contributed by atoms with Crippen molar-refractivity contribution in [2.24, 2.45) is 17.8 Å².